The largest absolute Gasteiger partial charge is 0.238 e. The van der Waals surface area contributed by atoms with E-state index in [-0.39, 0.29) is 6.42 Å². The number of aryl methyl sites for hydroxylation is 1. The van der Waals surface area contributed by atoms with Crippen molar-refractivity contribution < 1.29 is 0 Å². The van der Waals surface area contributed by atoms with Crippen LogP contribution in [0.25, 0.3) is 10.6 Å². The Bertz CT molecular complexity index is 537. The summed E-state index contributed by atoms with van der Waals surface area (Å²) in [5, 5.41) is 9.49. The summed E-state index contributed by atoms with van der Waals surface area (Å²) >= 11 is 7.43. The first-order valence-electron chi connectivity index (χ1n) is 4.80. The third-order valence-electron chi connectivity index (χ3n) is 2.19. The fraction of sp³-hybridized carbons (Fsp3) is 0.167. The molecule has 0 aliphatic rings. The van der Waals surface area contributed by atoms with Crippen LogP contribution in [0, 0.1) is 18.3 Å². The molecule has 1 heterocycles. The average molecular weight is 249 g/mol. The van der Waals surface area contributed by atoms with Gasteiger partial charge in [-0.15, -0.1) is 11.3 Å². The van der Waals surface area contributed by atoms with Crippen LogP contribution in [0.15, 0.2) is 24.3 Å². The van der Waals surface area contributed by atoms with E-state index >= 15 is 0 Å². The fourth-order valence-electron chi connectivity index (χ4n) is 1.34. The van der Waals surface area contributed by atoms with Gasteiger partial charge in [0, 0.05) is 5.56 Å². The van der Waals surface area contributed by atoms with Crippen molar-refractivity contribution in [2.75, 3.05) is 0 Å². The summed E-state index contributed by atoms with van der Waals surface area (Å²) < 4.78 is 0.608. The second-order valence-corrected chi connectivity index (χ2v) is 5.04. The topological polar surface area (TPSA) is 36.7 Å². The summed E-state index contributed by atoms with van der Waals surface area (Å²) in [7, 11) is 0. The molecule has 0 radical (unpaired) electrons. The van der Waals surface area contributed by atoms with Crippen LogP contribution in [-0.4, -0.2) is 4.98 Å². The van der Waals surface area contributed by atoms with E-state index in [4.69, 9.17) is 16.9 Å². The predicted molar refractivity (Wildman–Crippen MR) is 66.6 cm³/mol. The van der Waals surface area contributed by atoms with Gasteiger partial charge in [-0.05, 0) is 6.92 Å². The third-order valence-corrected chi connectivity index (χ3v) is 3.58. The molecule has 0 aliphatic carbocycles. The Morgan fingerprint density at radius 1 is 1.38 bits per heavy atom. The number of rotatable bonds is 2. The van der Waals surface area contributed by atoms with E-state index in [2.05, 4.69) is 11.1 Å². The van der Waals surface area contributed by atoms with Crippen molar-refractivity contribution in [1.82, 2.24) is 4.98 Å². The van der Waals surface area contributed by atoms with Crippen LogP contribution in [0.2, 0.25) is 4.34 Å². The highest BCUT2D eigenvalue weighted by atomic mass is 35.5. The van der Waals surface area contributed by atoms with Crippen molar-refractivity contribution in [3.8, 4) is 16.6 Å². The zero-order valence-corrected chi connectivity index (χ0v) is 10.3. The third kappa shape index (κ3) is 2.24. The van der Waals surface area contributed by atoms with E-state index in [0.717, 1.165) is 10.6 Å². The van der Waals surface area contributed by atoms with E-state index < -0.39 is 0 Å². The first kappa shape index (κ1) is 11.1. The van der Waals surface area contributed by atoms with E-state index in [0.29, 0.717) is 10.0 Å². The summed E-state index contributed by atoms with van der Waals surface area (Å²) in [5.41, 5.74) is 2.93. The quantitative estimate of drug-likeness (QED) is 0.810. The Morgan fingerprint density at radius 2 is 2.06 bits per heavy atom. The molecule has 80 valence electrons. The van der Waals surface area contributed by atoms with Crippen LogP contribution >= 0.6 is 22.9 Å². The molecule has 0 saturated heterocycles. The molecule has 0 atom stereocenters. The normalized spacial score (nSPS) is 10.1. The molecule has 0 saturated carbocycles. The van der Waals surface area contributed by atoms with Gasteiger partial charge >= 0.3 is 0 Å². The van der Waals surface area contributed by atoms with Gasteiger partial charge < -0.3 is 0 Å². The lowest BCUT2D eigenvalue weighted by molar-refractivity contribution is 1.16. The molecule has 1 aromatic carbocycles. The Kier molecular flexibility index (Phi) is 3.23. The van der Waals surface area contributed by atoms with E-state index in [9.17, 15) is 0 Å². The Labute approximate surface area is 103 Å². The molecule has 0 N–H and O–H groups in total. The Morgan fingerprint density at radius 3 is 2.69 bits per heavy atom. The lowest BCUT2D eigenvalue weighted by Crippen LogP contribution is -1.83. The zero-order valence-electron chi connectivity index (χ0n) is 8.70. The highest BCUT2D eigenvalue weighted by Crippen LogP contribution is 2.31. The van der Waals surface area contributed by atoms with Crippen LogP contribution < -0.4 is 0 Å². The van der Waals surface area contributed by atoms with Crippen molar-refractivity contribution in [1.29, 1.82) is 5.26 Å². The average Bonchev–Trinajstić information content (AvgIpc) is 2.62. The summed E-state index contributed by atoms with van der Waals surface area (Å²) in [6.07, 6.45) is 0.265. The lowest BCUT2D eigenvalue weighted by atomic mass is 10.2. The second-order valence-electron chi connectivity index (χ2n) is 3.44. The molecule has 2 nitrogen and oxygen atoms in total. The number of hydrogen-bond acceptors (Lipinski definition) is 3. The minimum Gasteiger partial charge on any atom is -0.238 e. The van der Waals surface area contributed by atoms with Crippen molar-refractivity contribution in [2.24, 2.45) is 0 Å². The van der Waals surface area contributed by atoms with Crippen molar-refractivity contribution in [2.45, 2.75) is 13.3 Å². The minimum absolute atomic E-state index is 0.265. The van der Waals surface area contributed by atoms with Crippen molar-refractivity contribution in [3.05, 3.63) is 39.9 Å². The van der Waals surface area contributed by atoms with Crippen molar-refractivity contribution >= 4 is 22.9 Å². The molecule has 0 amide bonds. The molecule has 16 heavy (non-hydrogen) atoms. The zero-order chi connectivity index (χ0) is 11.5. The van der Waals surface area contributed by atoms with Gasteiger partial charge in [-0.1, -0.05) is 41.4 Å². The van der Waals surface area contributed by atoms with Gasteiger partial charge in [-0.25, -0.2) is 4.98 Å². The maximum Gasteiger partial charge on any atom is 0.125 e. The molecule has 0 spiro atoms. The first-order valence-corrected chi connectivity index (χ1v) is 5.99. The molecule has 0 unspecified atom stereocenters. The van der Waals surface area contributed by atoms with Gasteiger partial charge in [0.15, 0.2) is 0 Å². The monoisotopic (exact) mass is 248 g/mol. The number of nitrogens with zero attached hydrogens (tertiary/aromatic N) is 2. The van der Waals surface area contributed by atoms with E-state index in [1.54, 1.807) is 0 Å². The van der Waals surface area contributed by atoms with E-state index in [1.165, 1.54) is 16.9 Å². The Hall–Kier alpha value is -1.37. The van der Waals surface area contributed by atoms with Crippen LogP contribution in [-0.2, 0) is 6.42 Å². The molecular formula is C12H9ClN2S. The SMILES string of the molecule is Cc1ccc(-c2nc(CC#N)c(Cl)s2)cc1. The molecule has 0 fully saturated rings. The lowest BCUT2D eigenvalue weighted by Gasteiger charge is -1.96. The highest BCUT2D eigenvalue weighted by molar-refractivity contribution is 7.19. The van der Waals surface area contributed by atoms with E-state index in [1.807, 2.05) is 31.2 Å². The standard InChI is InChI=1S/C12H9ClN2S/c1-8-2-4-9(5-3-8)12-15-10(6-7-14)11(13)16-12/h2-5H,6H2,1H3. The number of nitriles is 1. The number of thiazole rings is 1. The van der Waals surface area contributed by atoms with Gasteiger partial charge in [0.25, 0.3) is 0 Å². The molecule has 0 aliphatic heterocycles. The summed E-state index contributed by atoms with van der Waals surface area (Å²) in [6.45, 7) is 2.04. The number of benzene rings is 1. The van der Waals surface area contributed by atoms with Crippen LogP contribution in [0.4, 0.5) is 0 Å². The summed E-state index contributed by atoms with van der Waals surface area (Å²) in [5.74, 6) is 0. The molecule has 2 aromatic rings. The highest BCUT2D eigenvalue weighted by Gasteiger charge is 2.10. The molecule has 2 rings (SSSR count). The van der Waals surface area contributed by atoms with Gasteiger partial charge in [0.1, 0.15) is 9.34 Å². The smallest absolute Gasteiger partial charge is 0.125 e. The summed E-state index contributed by atoms with van der Waals surface area (Å²) in [6, 6.07) is 10.2. The van der Waals surface area contributed by atoms with Crippen LogP contribution in [0.1, 0.15) is 11.3 Å². The van der Waals surface area contributed by atoms with Crippen molar-refractivity contribution in [3.63, 3.8) is 0 Å². The maximum absolute atomic E-state index is 8.62. The predicted octanol–water partition coefficient (Wildman–Crippen LogP) is 3.84. The van der Waals surface area contributed by atoms with Gasteiger partial charge in [0.05, 0.1) is 18.2 Å². The second kappa shape index (κ2) is 4.65. The number of aromatic nitrogens is 1. The fourth-order valence-corrected chi connectivity index (χ4v) is 2.48. The van der Waals surface area contributed by atoms with Gasteiger partial charge in [0.2, 0.25) is 0 Å². The number of halogens is 1. The Balaban J connectivity index is 2.38. The maximum atomic E-state index is 8.62. The van der Waals surface area contributed by atoms with Crippen LogP contribution in [0.5, 0.6) is 0 Å². The molecular weight excluding hydrogens is 240 g/mol. The minimum atomic E-state index is 0.265. The molecule has 0 bridgehead atoms. The van der Waals surface area contributed by atoms with Gasteiger partial charge in [-0.2, -0.15) is 5.26 Å². The van der Waals surface area contributed by atoms with Gasteiger partial charge in [-0.3, -0.25) is 0 Å². The molecule has 4 heteroatoms. The van der Waals surface area contributed by atoms with Crippen LogP contribution in [0.3, 0.4) is 0 Å². The molecule has 1 aromatic heterocycles. The number of hydrogen-bond donors (Lipinski definition) is 0. The first-order chi connectivity index (χ1) is 7.70. The summed E-state index contributed by atoms with van der Waals surface area (Å²) in [4.78, 5) is 4.36.